The highest BCUT2D eigenvalue weighted by Gasteiger charge is 2.15. The number of nitrogens with zero attached hydrogens (tertiary/aromatic N) is 1. The minimum atomic E-state index is 0.272. The van der Waals surface area contributed by atoms with E-state index in [0.717, 1.165) is 35.1 Å². The monoisotopic (exact) mass is 310 g/mol. The summed E-state index contributed by atoms with van der Waals surface area (Å²) < 4.78 is 0.969. The number of carbonyl (C=O) groups is 1. The van der Waals surface area contributed by atoms with Gasteiger partial charge in [-0.2, -0.15) is 0 Å². The summed E-state index contributed by atoms with van der Waals surface area (Å²) in [5, 5.41) is 0. The summed E-state index contributed by atoms with van der Waals surface area (Å²) in [4.78, 5) is 14.0. The molecule has 1 aromatic carbocycles. The Morgan fingerprint density at radius 1 is 1.17 bits per heavy atom. The lowest BCUT2D eigenvalue weighted by molar-refractivity contribution is -0.132. The van der Waals surface area contributed by atoms with Gasteiger partial charge in [0.2, 0.25) is 5.91 Å². The summed E-state index contributed by atoms with van der Waals surface area (Å²) in [7, 11) is 0. The van der Waals surface area contributed by atoms with Crippen LogP contribution >= 0.6 is 15.9 Å². The molecular formula is C14H19BrN2O. The van der Waals surface area contributed by atoms with Crippen LogP contribution in [0.2, 0.25) is 0 Å². The molecule has 4 heteroatoms. The first kappa shape index (κ1) is 13.4. The maximum atomic E-state index is 12.0. The lowest BCUT2D eigenvalue weighted by Gasteiger charge is -2.25. The Kier molecular flexibility index (Phi) is 4.64. The van der Waals surface area contributed by atoms with E-state index in [2.05, 4.69) is 15.9 Å². The summed E-state index contributed by atoms with van der Waals surface area (Å²) in [6.45, 7) is 1.54. The predicted octanol–water partition coefficient (Wildman–Crippen LogP) is 3.32. The highest BCUT2D eigenvalue weighted by Crippen LogP contribution is 2.20. The summed E-state index contributed by atoms with van der Waals surface area (Å²) in [6, 6.07) is 5.85. The van der Waals surface area contributed by atoms with E-state index in [4.69, 9.17) is 5.73 Å². The molecule has 1 amide bonds. The smallest absolute Gasteiger partial charge is 0.222 e. The van der Waals surface area contributed by atoms with Gasteiger partial charge in [0, 0.05) is 29.7 Å². The van der Waals surface area contributed by atoms with E-state index >= 15 is 0 Å². The summed E-state index contributed by atoms with van der Waals surface area (Å²) in [5.41, 5.74) is 7.65. The van der Waals surface area contributed by atoms with E-state index < -0.39 is 0 Å². The fourth-order valence-corrected chi connectivity index (χ4v) is 2.93. The van der Waals surface area contributed by atoms with Crippen LogP contribution in [0.4, 0.5) is 5.69 Å². The highest BCUT2D eigenvalue weighted by atomic mass is 79.9. The Labute approximate surface area is 116 Å². The molecule has 98 valence electrons. The molecule has 0 unspecified atom stereocenters. The maximum absolute atomic E-state index is 12.0. The number of hydrogen-bond acceptors (Lipinski definition) is 2. The van der Waals surface area contributed by atoms with E-state index in [0.29, 0.717) is 13.0 Å². The molecule has 0 aromatic heterocycles. The molecule has 1 aliphatic rings. The van der Waals surface area contributed by atoms with Crippen molar-refractivity contribution in [2.45, 2.75) is 38.6 Å². The van der Waals surface area contributed by atoms with Gasteiger partial charge in [-0.1, -0.05) is 28.8 Å². The number of rotatable bonds is 2. The van der Waals surface area contributed by atoms with Crippen LogP contribution < -0.4 is 5.73 Å². The van der Waals surface area contributed by atoms with Crippen molar-refractivity contribution in [3.8, 4) is 0 Å². The molecule has 18 heavy (non-hydrogen) atoms. The van der Waals surface area contributed by atoms with Gasteiger partial charge in [0.15, 0.2) is 0 Å². The Morgan fingerprint density at radius 3 is 2.72 bits per heavy atom. The van der Waals surface area contributed by atoms with Gasteiger partial charge in [-0.15, -0.1) is 0 Å². The van der Waals surface area contributed by atoms with E-state index in [1.165, 1.54) is 12.8 Å². The molecule has 1 aromatic rings. The van der Waals surface area contributed by atoms with Gasteiger partial charge in [-0.25, -0.2) is 0 Å². The summed E-state index contributed by atoms with van der Waals surface area (Å²) in [6.07, 6.45) is 5.22. The first-order chi connectivity index (χ1) is 8.65. The van der Waals surface area contributed by atoms with Crippen molar-refractivity contribution in [2.24, 2.45) is 0 Å². The van der Waals surface area contributed by atoms with Crippen molar-refractivity contribution in [2.75, 3.05) is 12.3 Å². The van der Waals surface area contributed by atoms with E-state index in [9.17, 15) is 4.79 Å². The third-order valence-electron chi connectivity index (χ3n) is 3.27. The van der Waals surface area contributed by atoms with Crippen LogP contribution in [0.3, 0.4) is 0 Å². The van der Waals surface area contributed by atoms with Gasteiger partial charge in [0.1, 0.15) is 0 Å². The second-order valence-electron chi connectivity index (χ2n) is 4.87. The van der Waals surface area contributed by atoms with E-state index in [1.807, 2.05) is 23.1 Å². The minimum Gasteiger partial charge on any atom is -0.399 e. The zero-order valence-electron chi connectivity index (χ0n) is 10.5. The number of halogens is 1. The Bertz CT molecular complexity index is 414. The van der Waals surface area contributed by atoms with Crippen LogP contribution in [0.15, 0.2) is 22.7 Å². The maximum Gasteiger partial charge on any atom is 0.222 e. The standard InChI is InChI=1S/C14H19BrN2O/c15-12-7-11(8-13(16)9-12)10-17-6-4-2-1-3-5-14(17)18/h7-9H,1-6,10,16H2. The first-order valence-corrected chi connectivity index (χ1v) is 7.27. The van der Waals surface area contributed by atoms with Crippen LogP contribution in [0.1, 0.15) is 37.7 Å². The van der Waals surface area contributed by atoms with Crippen LogP contribution in [-0.4, -0.2) is 17.4 Å². The summed E-state index contributed by atoms with van der Waals surface area (Å²) >= 11 is 3.44. The second kappa shape index (κ2) is 6.23. The fraction of sp³-hybridized carbons (Fsp3) is 0.500. The number of likely N-dealkylation sites (tertiary alicyclic amines) is 1. The summed E-state index contributed by atoms with van der Waals surface area (Å²) in [5.74, 6) is 0.272. The van der Waals surface area contributed by atoms with Crippen molar-refractivity contribution >= 4 is 27.5 Å². The Morgan fingerprint density at radius 2 is 1.94 bits per heavy atom. The zero-order chi connectivity index (χ0) is 13.0. The van der Waals surface area contributed by atoms with Gasteiger partial charge >= 0.3 is 0 Å². The van der Waals surface area contributed by atoms with Crippen LogP contribution in [-0.2, 0) is 11.3 Å². The van der Waals surface area contributed by atoms with Gasteiger partial charge in [0.05, 0.1) is 0 Å². The third-order valence-corrected chi connectivity index (χ3v) is 3.73. The van der Waals surface area contributed by atoms with Crippen molar-refractivity contribution in [1.82, 2.24) is 4.90 Å². The zero-order valence-corrected chi connectivity index (χ0v) is 12.1. The van der Waals surface area contributed by atoms with Crippen molar-refractivity contribution in [3.05, 3.63) is 28.2 Å². The van der Waals surface area contributed by atoms with E-state index in [-0.39, 0.29) is 5.91 Å². The molecule has 2 N–H and O–H groups in total. The highest BCUT2D eigenvalue weighted by molar-refractivity contribution is 9.10. The van der Waals surface area contributed by atoms with Gasteiger partial charge in [0.25, 0.3) is 0 Å². The number of nitrogens with two attached hydrogens (primary N) is 1. The van der Waals surface area contributed by atoms with Gasteiger partial charge < -0.3 is 10.6 Å². The van der Waals surface area contributed by atoms with Gasteiger partial charge in [-0.05, 0) is 36.6 Å². The SMILES string of the molecule is Nc1cc(Br)cc(CN2CCCCCCC2=O)c1. The van der Waals surface area contributed by atoms with Crippen LogP contribution in [0.25, 0.3) is 0 Å². The van der Waals surface area contributed by atoms with Crippen LogP contribution in [0, 0.1) is 0 Å². The molecule has 2 rings (SSSR count). The molecule has 0 bridgehead atoms. The van der Waals surface area contributed by atoms with Crippen LogP contribution in [0.5, 0.6) is 0 Å². The quantitative estimate of drug-likeness (QED) is 0.852. The number of carbonyl (C=O) groups excluding carboxylic acids is 1. The second-order valence-corrected chi connectivity index (χ2v) is 5.79. The molecule has 1 saturated heterocycles. The van der Waals surface area contributed by atoms with Gasteiger partial charge in [-0.3, -0.25) is 4.79 Å². The number of nitrogen functional groups attached to an aromatic ring is 1. The van der Waals surface area contributed by atoms with Crippen molar-refractivity contribution in [1.29, 1.82) is 0 Å². The van der Waals surface area contributed by atoms with Crippen molar-refractivity contribution in [3.63, 3.8) is 0 Å². The molecule has 0 radical (unpaired) electrons. The number of benzene rings is 1. The average molecular weight is 311 g/mol. The number of anilines is 1. The molecule has 0 spiro atoms. The first-order valence-electron chi connectivity index (χ1n) is 6.48. The molecule has 0 aliphatic carbocycles. The molecule has 3 nitrogen and oxygen atoms in total. The minimum absolute atomic E-state index is 0.272. The molecule has 1 aliphatic heterocycles. The molecule has 1 fully saturated rings. The predicted molar refractivity (Wildman–Crippen MR) is 77.1 cm³/mol. The normalized spacial score (nSPS) is 17.4. The Balaban J connectivity index is 2.07. The molecule has 0 atom stereocenters. The number of amides is 1. The molecular weight excluding hydrogens is 292 g/mol. The number of hydrogen-bond donors (Lipinski definition) is 1. The van der Waals surface area contributed by atoms with Crippen molar-refractivity contribution < 1.29 is 4.79 Å². The largest absolute Gasteiger partial charge is 0.399 e. The van der Waals surface area contributed by atoms with E-state index in [1.54, 1.807) is 0 Å². The lowest BCUT2D eigenvalue weighted by Crippen LogP contribution is -2.32. The molecule has 0 saturated carbocycles. The fourth-order valence-electron chi connectivity index (χ4n) is 2.37. The third kappa shape index (κ3) is 3.73. The lowest BCUT2D eigenvalue weighted by atomic mass is 10.1. The average Bonchev–Trinajstić information content (AvgIpc) is 2.28. The topological polar surface area (TPSA) is 46.3 Å². The molecule has 1 heterocycles. The Hall–Kier alpha value is -1.03.